The van der Waals surface area contributed by atoms with Gasteiger partial charge < -0.3 is 15.0 Å². The number of carbonyl (C=O) groups is 2. The van der Waals surface area contributed by atoms with Crippen LogP contribution in [0.5, 0.6) is 0 Å². The minimum Gasteiger partial charge on any atom is -0.377 e. The average Bonchev–Trinajstić information content (AvgIpc) is 2.89. The van der Waals surface area contributed by atoms with Crippen LogP contribution in [0.15, 0.2) is 66.9 Å². The van der Waals surface area contributed by atoms with E-state index in [0.717, 1.165) is 5.56 Å². The molecule has 7 nitrogen and oxygen atoms in total. The Morgan fingerprint density at radius 2 is 1.87 bits per heavy atom. The van der Waals surface area contributed by atoms with Gasteiger partial charge in [0, 0.05) is 50.1 Å². The van der Waals surface area contributed by atoms with Crippen molar-refractivity contribution in [3.63, 3.8) is 0 Å². The van der Waals surface area contributed by atoms with Crippen molar-refractivity contribution in [2.24, 2.45) is 0 Å². The summed E-state index contributed by atoms with van der Waals surface area (Å²) in [6.45, 7) is 4.35. The van der Waals surface area contributed by atoms with Crippen molar-refractivity contribution >= 4 is 35.2 Å². The molecule has 2 fully saturated rings. The molecule has 2 unspecified atom stereocenters. The SMILES string of the molecule is CC(=O)Nc1cc(Cl)c(-c2ccccn2)cc1/C=C/C(=O)N1C2COCC1CN(Cc1ccc(F)cc1)C2. The molecule has 0 aliphatic carbocycles. The highest BCUT2D eigenvalue weighted by Gasteiger charge is 2.40. The number of piperazine rings is 1. The lowest BCUT2D eigenvalue weighted by molar-refractivity contribution is -0.150. The van der Waals surface area contributed by atoms with Crippen molar-refractivity contribution in [2.45, 2.75) is 25.6 Å². The van der Waals surface area contributed by atoms with Gasteiger partial charge in [-0.3, -0.25) is 19.5 Å². The minimum atomic E-state index is -0.254. The smallest absolute Gasteiger partial charge is 0.247 e. The van der Waals surface area contributed by atoms with Gasteiger partial charge in [-0.05, 0) is 53.6 Å². The lowest BCUT2D eigenvalue weighted by Crippen LogP contribution is -2.65. The number of hydrogen-bond donors (Lipinski definition) is 1. The van der Waals surface area contributed by atoms with Gasteiger partial charge in [-0.25, -0.2) is 4.39 Å². The number of hydrogen-bond acceptors (Lipinski definition) is 5. The first-order valence-electron chi connectivity index (χ1n) is 12.4. The van der Waals surface area contributed by atoms with Gasteiger partial charge in [0.25, 0.3) is 0 Å². The quantitative estimate of drug-likeness (QED) is 0.467. The second-order valence-electron chi connectivity index (χ2n) is 9.56. The Morgan fingerprint density at radius 1 is 1.13 bits per heavy atom. The van der Waals surface area contributed by atoms with Crippen molar-refractivity contribution < 1.29 is 18.7 Å². The molecule has 38 heavy (non-hydrogen) atoms. The standard InChI is InChI=1S/C29H28ClFN4O3/c1-19(36)33-28-13-26(30)25(27-4-2-3-11-32-27)12-21(28)7-10-29(37)35-23-15-34(16-24(35)18-38-17-23)14-20-5-8-22(31)9-6-20/h2-13,23-24H,14-18H2,1H3,(H,33,36)/b10-7+. The van der Waals surface area contributed by atoms with Gasteiger partial charge in [0.1, 0.15) is 5.82 Å². The first kappa shape index (κ1) is 26.0. The number of aromatic nitrogens is 1. The summed E-state index contributed by atoms with van der Waals surface area (Å²) in [6, 6.07) is 15.4. The largest absolute Gasteiger partial charge is 0.377 e. The normalized spacial score (nSPS) is 19.5. The van der Waals surface area contributed by atoms with E-state index >= 15 is 0 Å². The lowest BCUT2D eigenvalue weighted by Gasteiger charge is -2.49. The fourth-order valence-electron chi connectivity index (χ4n) is 5.08. The van der Waals surface area contributed by atoms with Gasteiger partial charge in [-0.1, -0.05) is 29.8 Å². The van der Waals surface area contributed by atoms with Crippen LogP contribution >= 0.6 is 11.6 Å². The summed E-state index contributed by atoms with van der Waals surface area (Å²) in [4.78, 5) is 33.8. The maximum Gasteiger partial charge on any atom is 0.247 e. The number of benzene rings is 2. The molecular formula is C29H28ClFN4O3. The van der Waals surface area contributed by atoms with Gasteiger partial charge >= 0.3 is 0 Å². The molecule has 2 atom stereocenters. The van der Waals surface area contributed by atoms with E-state index in [4.69, 9.17) is 16.3 Å². The number of amides is 2. The molecule has 3 aromatic rings. The Balaban J connectivity index is 1.36. The van der Waals surface area contributed by atoms with E-state index in [1.54, 1.807) is 30.5 Å². The summed E-state index contributed by atoms with van der Waals surface area (Å²) in [5.74, 6) is -0.611. The third-order valence-corrected chi connectivity index (χ3v) is 7.03. The number of fused-ring (bicyclic) bond motifs is 2. The summed E-state index contributed by atoms with van der Waals surface area (Å²) < 4.78 is 19.1. The fraction of sp³-hybridized carbons (Fsp3) is 0.276. The van der Waals surface area contributed by atoms with E-state index in [1.807, 2.05) is 29.2 Å². The van der Waals surface area contributed by atoms with Crippen LogP contribution in [0.4, 0.5) is 10.1 Å². The second-order valence-corrected chi connectivity index (χ2v) is 9.97. The molecular weight excluding hydrogens is 507 g/mol. The molecule has 3 heterocycles. The zero-order chi connectivity index (χ0) is 26.6. The molecule has 0 saturated carbocycles. The maximum atomic E-state index is 13.4. The molecule has 196 valence electrons. The van der Waals surface area contributed by atoms with Crippen molar-refractivity contribution in [3.05, 3.63) is 88.8 Å². The van der Waals surface area contributed by atoms with Crippen LogP contribution in [0.25, 0.3) is 17.3 Å². The Bertz CT molecular complexity index is 1340. The van der Waals surface area contributed by atoms with E-state index in [2.05, 4.69) is 15.2 Å². The Morgan fingerprint density at radius 3 is 2.53 bits per heavy atom. The van der Waals surface area contributed by atoms with Crippen LogP contribution in [0.3, 0.4) is 0 Å². The number of ether oxygens (including phenoxy) is 1. The monoisotopic (exact) mass is 534 g/mol. The molecule has 0 radical (unpaired) electrons. The van der Waals surface area contributed by atoms with Gasteiger partial charge in [0.2, 0.25) is 11.8 Å². The van der Waals surface area contributed by atoms with Gasteiger partial charge in [0.05, 0.1) is 36.0 Å². The van der Waals surface area contributed by atoms with Crippen molar-refractivity contribution in [1.29, 1.82) is 0 Å². The first-order chi connectivity index (χ1) is 18.4. The number of halogens is 2. The Labute approximate surface area is 225 Å². The van der Waals surface area contributed by atoms with Crippen molar-refractivity contribution in [3.8, 4) is 11.3 Å². The number of rotatable bonds is 6. The van der Waals surface area contributed by atoms with E-state index in [0.29, 0.717) is 60.4 Å². The highest BCUT2D eigenvalue weighted by atomic mass is 35.5. The molecule has 2 amide bonds. The predicted octanol–water partition coefficient (Wildman–Crippen LogP) is 4.62. The summed E-state index contributed by atoms with van der Waals surface area (Å²) >= 11 is 6.52. The van der Waals surface area contributed by atoms with Crippen molar-refractivity contribution in [1.82, 2.24) is 14.8 Å². The van der Waals surface area contributed by atoms with E-state index in [1.165, 1.54) is 25.1 Å². The molecule has 0 spiro atoms. The molecule has 2 aliphatic rings. The molecule has 1 N–H and O–H groups in total. The first-order valence-corrected chi connectivity index (χ1v) is 12.8. The zero-order valence-electron chi connectivity index (χ0n) is 20.9. The summed E-state index contributed by atoms with van der Waals surface area (Å²) in [5, 5.41) is 3.24. The van der Waals surface area contributed by atoms with Crippen LogP contribution in [0.1, 0.15) is 18.1 Å². The molecule has 5 rings (SSSR count). The van der Waals surface area contributed by atoms with Crippen LogP contribution in [0, 0.1) is 5.82 Å². The lowest BCUT2D eigenvalue weighted by atomic mass is 10.0. The topological polar surface area (TPSA) is 74.8 Å². The predicted molar refractivity (Wildman–Crippen MR) is 145 cm³/mol. The van der Waals surface area contributed by atoms with Gasteiger partial charge in [-0.15, -0.1) is 0 Å². The molecule has 1 aromatic heterocycles. The number of morpholine rings is 1. The highest BCUT2D eigenvalue weighted by molar-refractivity contribution is 6.33. The van der Waals surface area contributed by atoms with Crippen molar-refractivity contribution in [2.75, 3.05) is 31.6 Å². The number of nitrogens with zero attached hydrogens (tertiary/aromatic N) is 3. The number of anilines is 1. The summed E-state index contributed by atoms with van der Waals surface area (Å²) in [5.41, 5.74) is 3.58. The second kappa shape index (κ2) is 11.4. The minimum absolute atomic E-state index is 0.0933. The number of pyridine rings is 1. The van der Waals surface area contributed by atoms with E-state index in [9.17, 15) is 14.0 Å². The molecule has 2 saturated heterocycles. The average molecular weight is 535 g/mol. The molecule has 2 bridgehead atoms. The van der Waals surface area contributed by atoms with E-state index in [-0.39, 0.29) is 29.7 Å². The Kier molecular flexibility index (Phi) is 7.83. The third-order valence-electron chi connectivity index (χ3n) is 6.72. The zero-order valence-corrected chi connectivity index (χ0v) is 21.7. The number of carbonyl (C=O) groups excluding carboxylic acids is 2. The third kappa shape index (κ3) is 5.93. The molecule has 2 aromatic carbocycles. The summed E-state index contributed by atoms with van der Waals surface area (Å²) in [7, 11) is 0. The molecule has 9 heteroatoms. The fourth-order valence-corrected chi connectivity index (χ4v) is 5.34. The Hall–Kier alpha value is -3.59. The van der Waals surface area contributed by atoms with E-state index < -0.39 is 0 Å². The van der Waals surface area contributed by atoms with Crippen LogP contribution in [-0.2, 0) is 20.9 Å². The van der Waals surface area contributed by atoms with Gasteiger partial charge in [-0.2, -0.15) is 0 Å². The highest BCUT2D eigenvalue weighted by Crippen LogP contribution is 2.33. The van der Waals surface area contributed by atoms with Crippen LogP contribution < -0.4 is 5.32 Å². The maximum absolute atomic E-state index is 13.4. The van der Waals surface area contributed by atoms with Crippen LogP contribution in [-0.4, -0.2) is 65.0 Å². The number of nitrogens with one attached hydrogen (secondary N) is 1. The van der Waals surface area contributed by atoms with Gasteiger partial charge in [0.15, 0.2) is 0 Å². The van der Waals surface area contributed by atoms with Crippen LogP contribution in [0.2, 0.25) is 5.02 Å². The summed E-state index contributed by atoms with van der Waals surface area (Å²) in [6.07, 6.45) is 4.93. The molecule has 2 aliphatic heterocycles.